The van der Waals surface area contributed by atoms with Gasteiger partial charge >= 0.3 is 0 Å². The predicted molar refractivity (Wildman–Crippen MR) is 164 cm³/mol. The molecule has 0 atom stereocenters. The molecular formula is C35H47N. The molecule has 192 valence electrons. The molecule has 1 aliphatic rings. The Morgan fingerprint density at radius 1 is 1.14 bits per heavy atom. The lowest BCUT2D eigenvalue weighted by Crippen LogP contribution is -2.32. The first-order valence-electron chi connectivity index (χ1n) is 13.5. The molecule has 1 aliphatic heterocycles. The average molecular weight is 482 g/mol. The molecule has 36 heavy (non-hydrogen) atoms. The van der Waals surface area contributed by atoms with E-state index < -0.39 is 0 Å². The van der Waals surface area contributed by atoms with Gasteiger partial charge in [0.05, 0.1) is 0 Å². The summed E-state index contributed by atoms with van der Waals surface area (Å²) in [6.07, 6.45) is 19.4. The summed E-state index contributed by atoms with van der Waals surface area (Å²) in [5.41, 5.74) is 8.62. The summed E-state index contributed by atoms with van der Waals surface area (Å²) in [7, 11) is 0. The Labute approximate surface area is 222 Å². The van der Waals surface area contributed by atoms with Crippen molar-refractivity contribution in [3.8, 4) is 12.3 Å². The van der Waals surface area contributed by atoms with Gasteiger partial charge in [0.15, 0.2) is 0 Å². The van der Waals surface area contributed by atoms with Crippen LogP contribution in [0.3, 0.4) is 0 Å². The zero-order valence-corrected chi connectivity index (χ0v) is 23.8. The third-order valence-electron chi connectivity index (χ3n) is 6.49. The Morgan fingerprint density at radius 3 is 2.42 bits per heavy atom. The minimum Gasteiger partial charge on any atom is -0.371 e. The van der Waals surface area contributed by atoms with E-state index in [4.69, 9.17) is 6.42 Å². The molecule has 1 fully saturated rings. The van der Waals surface area contributed by atoms with Crippen LogP contribution in [0.15, 0.2) is 78.9 Å². The van der Waals surface area contributed by atoms with Crippen LogP contribution >= 0.6 is 0 Å². The molecule has 1 heteroatoms. The van der Waals surface area contributed by atoms with E-state index >= 15 is 0 Å². The third kappa shape index (κ3) is 10.2. The molecule has 2 aromatic carbocycles. The Morgan fingerprint density at radius 2 is 1.83 bits per heavy atom. The van der Waals surface area contributed by atoms with Gasteiger partial charge in [0.2, 0.25) is 0 Å². The van der Waals surface area contributed by atoms with Crippen LogP contribution in [0.2, 0.25) is 0 Å². The van der Waals surface area contributed by atoms with Crippen LogP contribution in [0.4, 0.5) is 5.69 Å². The van der Waals surface area contributed by atoms with Crippen LogP contribution in [0.25, 0.3) is 11.6 Å². The van der Waals surface area contributed by atoms with Crippen LogP contribution in [-0.4, -0.2) is 13.1 Å². The molecule has 0 saturated carbocycles. The van der Waals surface area contributed by atoms with E-state index in [-0.39, 0.29) is 0 Å². The Balaban J connectivity index is 0.000000500. The third-order valence-corrected chi connectivity index (χ3v) is 6.49. The Bertz CT molecular complexity index is 1070. The van der Waals surface area contributed by atoms with Crippen LogP contribution in [0.5, 0.6) is 0 Å². The van der Waals surface area contributed by atoms with Crippen molar-refractivity contribution in [1.29, 1.82) is 0 Å². The van der Waals surface area contributed by atoms with Gasteiger partial charge < -0.3 is 4.90 Å². The second-order valence-electron chi connectivity index (χ2n) is 9.07. The minimum atomic E-state index is 0.854. The highest BCUT2D eigenvalue weighted by Crippen LogP contribution is 2.27. The lowest BCUT2D eigenvalue weighted by molar-refractivity contribution is 0.438. The number of terminal acetylenes is 1. The second kappa shape index (κ2) is 17.2. The van der Waals surface area contributed by atoms with Crippen LogP contribution in [0.1, 0.15) is 83.1 Å². The molecule has 0 N–H and O–H groups in total. The van der Waals surface area contributed by atoms with Crippen LogP contribution in [-0.2, 0) is 0 Å². The second-order valence-corrected chi connectivity index (χ2v) is 9.07. The van der Waals surface area contributed by atoms with Gasteiger partial charge in [0.25, 0.3) is 0 Å². The van der Waals surface area contributed by atoms with E-state index in [1.165, 1.54) is 46.4 Å². The largest absolute Gasteiger partial charge is 0.371 e. The summed E-state index contributed by atoms with van der Waals surface area (Å²) in [6.45, 7) is 20.8. The summed E-state index contributed by atoms with van der Waals surface area (Å²) in [4.78, 5) is 2.51. The quantitative estimate of drug-likeness (QED) is 0.225. The molecule has 2 aromatic rings. The van der Waals surface area contributed by atoms with E-state index in [1.54, 1.807) is 6.08 Å². The van der Waals surface area contributed by atoms with Crippen molar-refractivity contribution in [2.45, 2.75) is 67.7 Å². The fraction of sp³-hybridized carbons (Fsp3) is 0.371. The van der Waals surface area contributed by atoms with Crippen molar-refractivity contribution < 1.29 is 0 Å². The first-order chi connectivity index (χ1) is 17.4. The normalized spacial score (nSPS) is 14.3. The Hall–Kier alpha value is -3.24. The number of hydrogen-bond acceptors (Lipinski definition) is 1. The molecular weight excluding hydrogens is 434 g/mol. The summed E-state index contributed by atoms with van der Waals surface area (Å²) in [6, 6.07) is 15.1. The average Bonchev–Trinajstić information content (AvgIpc) is 2.92. The van der Waals surface area contributed by atoms with Crippen LogP contribution in [0, 0.1) is 25.2 Å². The van der Waals surface area contributed by atoms with Crippen molar-refractivity contribution >= 4 is 17.3 Å². The van der Waals surface area contributed by atoms with Gasteiger partial charge in [0.1, 0.15) is 0 Å². The fourth-order valence-corrected chi connectivity index (χ4v) is 4.03. The van der Waals surface area contributed by atoms with Crippen LogP contribution < -0.4 is 4.90 Å². The fourth-order valence-electron chi connectivity index (χ4n) is 4.03. The smallest absolute Gasteiger partial charge is 0.0372 e. The number of hydrogen-bond donors (Lipinski definition) is 0. The zero-order chi connectivity index (χ0) is 26.9. The van der Waals surface area contributed by atoms with Crippen molar-refractivity contribution in [3.05, 3.63) is 101 Å². The number of nitrogens with zero attached hydrogens (tertiary/aromatic N) is 1. The number of rotatable bonds is 6. The molecule has 0 unspecified atom stereocenters. The van der Waals surface area contributed by atoms with Crippen molar-refractivity contribution in [1.82, 2.24) is 0 Å². The summed E-state index contributed by atoms with van der Waals surface area (Å²) in [5.74, 6) is 3.58. The first-order valence-corrected chi connectivity index (χ1v) is 13.5. The maximum atomic E-state index is 5.55. The number of allylic oxidation sites excluding steroid dienone is 6. The highest BCUT2D eigenvalue weighted by molar-refractivity contribution is 5.82. The maximum absolute atomic E-state index is 5.55. The van der Waals surface area contributed by atoms with E-state index in [0.717, 1.165) is 31.0 Å². The molecule has 0 aliphatic carbocycles. The highest BCUT2D eigenvalue weighted by atomic mass is 15.1. The van der Waals surface area contributed by atoms with Crippen molar-refractivity contribution in [2.75, 3.05) is 18.0 Å². The first kappa shape index (κ1) is 30.8. The molecule has 1 heterocycles. The van der Waals surface area contributed by atoms with E-state index in [1.807, 2.05) is 32.9 Å². The van der Waals surface area contributed by atoms with Crippen molar-refractivity contribution in [2.24, 2.45) is 5.92 Å². The Kier molecular flexibility index (Phi) is 14.7. The number of piperidine rings is 1. The lowest BCUT2D eigenvalue weighted by atomic mass is 9.97. The molecule has 0 bridgehead atoms. The molecule has 1 saturated heterocycles. The van der Waals surface area contributed by atoms with Crippen molar-refractivity contribution in [3.63, 3.8) is 0 Å². The van der Waals surface area contributed by atoms with Gasteiger partial charge in [-0.3, -0.25) is 0 Å². The topological polar surface area (TPSA) is 3.24 Å². The molecule has 0 spiro atoms. The standard InChI is InChI=1S/C24H27N.C9H14.C2H6/c1-5-21-10-9-19(3)23(16-21)15-20(4)22-7-6-8-24(17-22)25-13-11-18(2)12-14-25;1-4-7-8-9(5-2)6-3;1-2/h1,6-10,15-18H,11-14H2,2-4H3;4-5,7-8H,1,6H2,2-3H3;1-2H3/b20-15+;8-7-,9-5-;. The summed E-state index contributed by atoms with van der Waals surface area (Å²) >= 11 is 0. The molecule has 0 radical (unpaired) electrons. The molecule has 0 amide bonds. The highest BCUT2D eigenvalue weighted by Gasteiger charge is 2.16. The summed E-state index contributed by atoms with van der Waals surface area (Å²) in [5, 5.41) is 0. The van der Waals surface area contributed by atoms with E-state index in [9.17, 15) is 0 Å². The maximum Gasteiger partial charge on any atom is 0.0372 e. The van der Waals surface area contributed by atoms with Gasteiger partial charge in [-0.25, -0.2) is 0 Å². The zero-order valence-electron chi connectivity index (χ0n) is 23.8. The molecule has 0 aromatic heterocycles. The van der Waals surface area contributed by atoms with Gasteiger partial charge in [-0.1, -0.05) is 94.3 Å². The van der Waals surface area contributed by atoms with Gasteiger partial charge in [-0.2, -0.15) is 0 Å². The molecule has 1 nitrogen and oxygen atoms in total. The summed E-state index contributed by atoms with van der Waals surface area (Å²) < 4.78 is 0. The number of benzene rings is 2. The number of anilines is 1. The minimum absolute atomic E-state index is 0.854. The van der Waals surface area contributed by atoms with E-state index in [0.29, 0.717) is 0 Å². The lowest BCUT2D eigenvalue weighted by Gasteiger charge is -2.32. The van der Waals surface area contributed by atoms with E-state index in [2.05, 4.69) is 99.7 Å². The van der Waals surface area contributed by atoms with Gasteiger partial charge in [-0.05, 0) is 92.5 Å². The predicted octanol–water partition coefficient (Wildman–Crippen LogP) is 9.88. The molecule has 3 rings (SSSR count). The van der Waals surface area contributed by atoms with Gasteiger partial charge in [0, 0.05) is 24.3 Å². The monoisotopic (exact) mass is 481 g/mol. The number of aryl methyl sites for hydroxylation is 1. The van der Waals surface area contributed by atoms with Gasteiger partial charge in [-0.15, -0.1) is 6.42 Å². The SMILES string of the molecule is C#Cc1ccc(C)c(/C=C(\C)c2cccc(N3CCC(C)CC3)c2)c1.C=C/C=C\C(=C/C)CC.CC.